The smallest absolute Gasteiger partial charge is 0.234 e. The summed E-state index contributed by atoms with van der Waals surface area (Å²) in [7, 11) is 0. The molecule has 94 valence electrons. The van der Waals surface area contributed by atoms with Gasteiger partial charge in [-0.05, 0) is 20.3 Å². The van der Waals surface area contributed by atoms with Gasteiger partial charge in [-0.1, -0.05) is 0 Å². The summed E-state index contributed by atoms with van der Waals surface area (Å²) in [6.07, 6.45) is 1.57. The number of rotatable bonds is 5. The lowest BCUT2D eigenvalue weighted by molar-refractivity contribution is -0.118. The predicted molar refractivity (Wildman–Crippen MR) is 64.8 cm³/mol. The molecule has 2 atom stereocenters. The van der Waals surface area contributed by atoms with Crippen LogP contribution in [0.4, 0.5) is 0 Å². The molecule has 1 N–H and O–H groups in total. The first-order valence-electron chi connectivity index (χ1n) is 5.82. The van der Waals surface area contributed by atoms with Crippen molar-refractivity contribution in [2.45, 2.75) is 32.5 Å². The molecule has 0 bridgehead atoms. The van der Waals surface area contributed by atoms with Crippen LogP contribution >= 0.6 is 11.6 Å². The second-order valence-electron chi connectivity index (χ2n) is 4.35. The van der Waals surface area contributed by atoms with Crippen LogP contribution in [0.25, 0.3) is 0 Å². The number of carbonyl (C=O) groups excluding carboxylic acids is 1. The third kappa shape index (κ3) is 5.14. The molecule has 0 unspecified atom stereocenters. The van der Waals surface area contributed by atoms with Crippen LogP contribution in [0.2, 0.25) is 0 Å². The highest BCUT2D eigenvalue weighted by Gasteiger charge is 2.21. The monoisotopic (exact) mass is 248 g/mol. The lowest BCUT2D eigenvalue weighted by Crippen LogP contribution is -2.46. The largest absolute Gasteiger partial charge is 0.373 e. The van der Waals surface area contributed by atoms with E-state index < -0.39 is 0 Å². The first-order valence-corrected chi connectivity index (χ1v) is 6.35. The van der Waals surface area contributed by atoms with Crippen LogP contribution < -0.4 is 5.32 Å². The van der Waals surface area contributed by atoms with Gasteiger partial charge in [-0.3, -0.25) is 9.69 Å². The first-order chi connectivity index (χ1) is 7.61. The summed E-state index contributed by atoms with van der Waals surface area (Å²) >= 11 is 5.38. The van der Waals surface area contributed by atoms with Crippen molar-refractivity contribution in [3.05, 3.63) is 0 Å². The van der Waals surface area contributed by atoms with Crippen molar-refractivity contribution >= 4 is 17.5 Å². The van der Waals surface area contributed by atoms with E-state index in [0.717, 1.165) is 26.1 Å². The third-order valence-corrected chi connectivity index (χ3v) is 2.83. The van der Waals surface area contributed by atoms with Crippen molar-refractivity contribution < 1.29 is 9.53 Å². The van der Waals surface area contributed by atoms with E-state index in [0.29, 0.717) is 18.8 Å². The molecule has 0 aromatic rings. The van der Waals surface area contributed by atoms with Gasteiger partial charge < -0.3 is 10.1 Å². The number of amides is 1. The number of halogens is 1. The molecule has 0 aromatic heterocycles. The molecule has 0 saturated carbocycles. The molecule has 0 radical (unpaired) electrons. The number of hydrogen-bond donors (Lipinski definition) is 1. The Labute approximate surface area is 102 Å². The summed E-state index contributed by atoms with van der Waals surface area (Å²) in [6, 6.07) is 0. The zero-order valence-corrected chi connectivity index (χ0v) is 10.8. The van der Waals surface area contributed by atoms with Crippen molar-refractivity contribution in [1.82, 2.24) is 10.2 Å². The quantitative estimate of drug-likeness (QED) is 0.579. The maximum absolute atomic E-state index is 10.9. The van der Waals surface area contributed by atoms with Crippen LogP contribution in [0.5, 0.6) is 0 Å². The zero-order chi connectivity index (χ0) is 12.0. The van der Waals surface area contributed by atoms with Crippen molar-refractivity contribution in [2.75, 3.05) is 32.1 Å². The van der Waals surface area contributed by atoms with Gasteiger partial charge in [-0.25, -0.2) is 0 Å². The van der Waals surface area contributed by atoms with Gasteiger partial charge in [0.1, 0.15) is 5.88 Å². The van der Waals surface area contributed by atoms with E-state index in [9.17, 15) is 4.79 Å². The Balaban J connectivity index is 2.10. The molecule has 1 rings (SSSR count). The number of hydrogen-bond acceptors (Lipinski definition) is 3. The maximum atomic E-state index is 10.9. The number of carbonyl (C=O) groups is 1. The lowest BCUT2D eigenvalue weighted by Gasteiger charge is -2.35. The van der Waals surface area contributed by atoms with E-state index in [1.807, 2.05) is 0 Å². The predicted octanol–water partition coefficient (Wildman–Crippen LogP) is 0.841. The van der Waals surface area contributed by atoms with Gasteiger partial charge in [0.05, 0.1) is 12.2 Å². The van der Waals surface area contributed by atoms with E-state index in [4.69, 9.17) is 16.3 Å². The number of morpholine rings is 1. The normalized spacial score (nSPS) is 26.7. The molecule has 0 aliphatic carbocycles. The van der Waals surface area contributed by atoms with Crippen molar-refractivity contribution in [2.24, 2.45) is 0 Å². The van der Waals surface area contributed by atoms with Gasteiger partial charge in [0.15, 0.2) is 0 Å². The average Bonchev–Trinajstić information content (AvgIpc) is 2.22. The maximum Gasteiger partial charge on any atom is 0.234 e. The van der Waals surface area contributed by atoms with Gasteiger partial charge >= 0.3 is 0 Å². The molecule has 0 spiro atoms. The Morgan fingerprint density at radius 1 is 1.44 bits per heavy atom. The molecule has 1 aliphatic heterocycles. The highest BCUT2D eigenvalue weighted by atomic mass is 35.5. The van der Waals surface area contributed by atoms with Crippen molar-refractivity contribution in [1.29, 1.82) is 0 Å². The summed E-state index contributed by atoms with van der Waals surface area (Å²) in [5.74, 6) is -0.0450. The lowest BCUT2D eigenvalue weighted by atomic mass is 10.2. The molecule has 0 aromatic carbocycles. The van der Waals surface area contributed by atoms with Crippen LogP contribution in [0.1, 0.15) is 20.3 Å². The Kier molecular flexibility index (Phi) is 6.09. The molecule has 1 saturated heterocycles. The van der Waals surface area contributed by atoms with E-state index >= 15 is 0 Å². The van der Waals surface area contributed by atoms with Crippen LogP contribution in [-0.4, -0.2) is 55.1 Å². The van der Waals surface area contributed by atoms with E-state index in [2.05, 4.69) is 24.1 Å². The summed E-state index contributed by atoms with van der Waals surface area (Å²) in [5, 5.41) is 2.77. The summed E-state index contributed by atoms with van der Waals surface area (Å²) in [5.41, 5.74) is 0. The molecule has 5 heteroatoms. The second-order valence-corrected chi connectivity index (χ2v) is 4.62. The SMILES string of the molecule is C[C@H]1CN(CCCNC(=O)CCl)C[C@H](C)O1. The summed E-state index contributed by atoms with van der Waals surface area (Å²) in [4.78, 5) is 13.3. The minimum Gasteiger partial charge on any atom is -0.373 e. The van der Waals surface area contributed by atoms with Gasteiger partial charge in [-0.15, -0.1) is 11.6 Å². The Morgan fingerprint density at radius 3 is 2.62 bits per heavy atom. The Morgan fingerprint density at radius 2 is 2.06 bits per heavy atom. The summed E-state index contributed by atoms with van der Waals surface area (Å²) < 4.78 is 5.65. The fourth-order valence-electron chi connectivity index (χ4n) is 2.04. The van der Waals surface area contributed by atoms with Crippen molar-refractivity contribution in [3.63, 3.8) is 0 Å². The van der Waals surface area contributed by atoms with Gasteiger partial charge in [0, 0.05) is 26.2 Å². The molecular weight excluding hydrogens is 228 g/mol. The second kappa shape index (κ2) is 7.09. The molecule has 1 heterocycles. The number of alkyl halides is 1. The molecule has 1 aliphatic rings. The minimum atomic E-state index is -0.0922. The van der Waals surface area contributed by atoms with Gasteiger partial charge in [-0.2, -0.15) is 0 Å². The van der Waals surface area contributed by atoms with Crippen LogP contribution in [0, 0.1) is 0 Å². The number of ether oxygens (including phenoxy) is 1. The van der Waals surface area contributed by atoms with Crippen molar-refractivity contribution in [3.8, 4) is 0 Å². The van der Waals surface area contributed by atoms with Crippen LogP contribution in [0.3, 0.4) is 0 Å². The molecule has 16 heavy (non-hydrogen) atoms. The number of nitrogens with zero attached hydrogens (tertiary/aromatic N) is 1. The highest BCUT2D eigenvalue weighted by molar-refractivity contribution is 6.27. The first kappa shape index (κ1) is 13.7. The summed E-state index contributed by atoms with van der Waals surface area (Å²) in [6.45, 7) is 7.85. The molecule has 4 nitrogen and oxygen atoms in total. The Hall–Kier alpha value is -0.320. The molecule has 1 fully saturated rings. The van der Waals surface area contributed by atoms with Crippen LogP contribution in [-0.2, 0) is 9.53 Å². The Bertz CT molecular complexity index is 216. The van der Waals surface area contributed by atoms with Gasteiger partial charge in [0.2, 0.25) is 5.91 Å². The zero-order valence-electron chi connectivity index (χ0n) is 10.0. The van der Waals surface area contributed by atoms with E-state index in [-0.39, 0.29) is 11.8 Å². The number of nitrogens with one attached hydrogen (secondary N) is 1. The standard InChI is InChI=1S/C11H21ClN2O2/c1-9-7-14(8-10(2)16-9)5-3-4-13-11(15)6-12/h9-10H,3-8H2,1-2H3,(H,13,15)/t9-,10-/m0/s1. The minimum absolute atomic E-state index is 0.0472. The molecular formula is C11H21ClN2O2. The fraction of sp³-hybridized carbons (Fsp3) is 0.909. The van der Waals surface area contributed by atoms with Crippen LogP contribution in [0.15, 0.2) is 0 Å². The van der Waals surface area contributed by atoms with E-state index in [1.165, 1.54) is 0 Å². The molecule has 1 amide bonds. The average molecular weight is 249 g/mol. The van der Waals surface area contributed by atoms with E-state index in [1.54, 1.807) is 0 Å². The highest BCUT2D eigenvalue weighted by Crippen LogP contribution is 2.10. The van der Waals surface area contributed by atoms with Gasteiger partial charge in [0.25, 0.3) is 0 Å². The third-order valence-electron chi connectivity index (χ3n) is 2.59. The fourth-order valence-corrected chi connectivity index (χ4v) is 2.14. The topological polar surface area (TPSA) is 41.6 Å².